The summed E-state index contributed by atoms with van der Waals surface area (Å²) in [4.78, 5) is 12.7. The van der Waals surface area contributed by atoms with Crippen molar-refractivity contribution in [2.45, 2.75) is 38.2 Å². The van der Waals surface area contributed by atoms with E-state index in [-0.39, 0.29) is 22.9 Å². The van der Waals surface area contributed by atoms with E-state index in [1.165, 1.54) is 6.07 Å². The average Bonchev–Trinajstić information content (AvgIpc) is 2.50. The number of Topliss-reactive ketones (excluding diaryl/α,β-unsaturated/α-hetero) is 1. The van der Waals surface area contributed by atoms with E-state index in [0.29, 0.717) is 13.0 Å². The Labute approximate surface area is 129 Å². The second-order valence-corrected chi connectivity index (χ2v) is 7.41. The summed E-state index contributed by atoms with van der Waals surface area (Å²) >= 11 is 1.95. The number of halogens is 1. The van der Waals surface area contributed by atoms with Gasteiger partial charge in [-0.2, -0.15) is 11.8 Å². The molecule has 1 aromatic carbocycles. The average molecular weight is 308 g/mol. The number of hydrogen-bond acceptors (Lipinski definition) is 3. The lowest BCUT2D eigenvalue weighted by atomic mass is 9.78. The van der Waals surface area contributed by atoms with Gasteiger partial charge in [-0.05, 0) is 56.2 Å². The van der Waals surface area contributed by atoms with Gasteiger partial charge in [0.1, 0.15) is 5.82 Å². The van der Waals surface area contributed by atoms with E-state index in [1.54, 1.807) is 12.1 Å². The van der Waals surface area contributed by atoms with Gasteiger partial charge in [-0.3, -0.25) is 4.79 Å². The smallest absolute Gasteiger partial charge is 0.169 e. The molecular weight excluding hydrogens is 287 g/mol. The van der Waals surface area contributed by atoms with Crippen molar-refractivity contribution < 1.29 is 13.9 Å². The van der Waals surface area contributed by atoms with Crippen LogP contribution >= 0.6 is 11.8 Å². The highest BCUT2D eigenvalue weighted by Crippen LogP contribution is 2.40. The summed E-state index contributed by atoms with van der Waals surface area (Å²) < 4.78 is 20.0. The van der Waals surface area contributed by atoms with Gasteiger partial charge in [-0.15, -0.1) is 0 Å². The van der Waals surface area contributed by atoms with Gasteiger partial charge in [-0.1, -0.05) is 11.6 Å². The predicted octanol–water partition coefficient (Wildman–Crippen LogP) is 4.01. The van der Waals surface area contributed by atoms with Crippen LogP contribution in [0.15, 0.2) is 18.2 Å². The van der Waals surface area contributed by atoms with Crippen molar-refractivity contribution in [1.82, 2.24) is 0 Å². The second-order valence-electron chi connectivity index (χ2n) is 6.18. The van der Waals surface area contributed by atoms with Gasteiger partial charge in [-0.25, -0.2) is 4.39 Å². The van der Waals surface area contributed by atoms with Crippen molar-refractivity contribution in [3.8, 4) is 0 Å². The summed E-state index contributed by atoms with van der Waals surface area (Å²) in [6.45, 7) is 2.51. The molecular formula is C17H21FO2S. The lowest BCUT2D eigenvalue weighted by Crippen LogP contribution is -2.44. The number of carbonyl (C=O) groups is 1. The quantitative estimate of drug-likeness (QED) is 0.772. The summed E-state index contributed by atoms with van der Waals surface area (Å²) in [5.41, 5.74) is 1.04. The Balaban J connectivity index is 1.79. The molecule has 2 nitrogen and oxygen atoms in total. The first-order valence-corrected chi connectivity index (χ1v) is 8.77. The highest BCUT2D eigenvalue weighted by Gasteiger charge is 2.41. The molecule has 21 heavy (non-hydrogen) atoms. The molecule has 2 saturated heterocycles. The molecule has 0 amide bonds. The second kappa shape index (κ2) is 6.09. The Kier molecular flexibility index (Phi) is 4.36. The monoisotopic (exact) mass is 308 g/mol. The first-order chi connectivity index (χ1) is 10.1. The predicted molar refractivity (Wildman–Crippen MR) is 83.4 cm³/mol. The van der Waals surface area contributed by atoms with E-state index in [4.69, 9.17) is 4.74 Å². The van der Waals surface area contributed by atoms with Crippen molar-refractivity contribution >= 4 is 17.5 Å². The fourth-order valence-corrected chi connectivity index (χ4v) is 4.63. The molecule has 4 heteroatoms. The van der Waals surface area contributed by atoms with E-state index >= 15 is 0 Å². The van der Waals surface area contributed by atoms with Crippen molar-refractivity contribution in [2.75, 3.05) is 18.1 Å². The number of aryl methyl sites for hydroxylation is 1. The molecule has 3 rings (SSSR count). The zero-order valence-corrected chi connectivity index (χ0v) is 13.2. The minimum atomic E-state index is -0.398. The van der Waals surface area contributed by atoms with Crippen LogP contribution in [0.4, 0.5) is 4.39 Å². The van der Waals surface area contributed by atoms with Crippen LogP contribution in [-0.2, 0) is 4.74 Å². The summed E-state index contributed by atoms with van der Waals surface area (Å²) in [5.74, 6) is 1.65. The lowest BCUT2D eigenvalue weighted by Gasteiger charge is -2.42. The molecule has 1 spiro atoms. The highest BCUT2D eigenvalue weighted by atomic mass is 32.2. The van der Waals surface area contributed by atoms with E-state index in [9.17, 15) is 9.18 Å². The van der Waals surface area contributed by atoms with Crippen LogP contribution in [0.5, 0.6) is 0 Å². The number of ketones is 1. The van der Waals surface area contributed by atoms with Gasteiger partial charge in [0, 0.05) is 12.5 Å². The van der Waals surface area contributed by atoms with Crippen LogP contribution in [0, 0.1) is 18.7 Å². The van der Waals surface area contributed by atoms with E-state index < -0.39 is 5.82 Å². The fraction of sp³-hybridized carbons (Fsp3) is 0.588. The number of carbonyl (C=O) groups excluding carboxylic acids is 1. The van der Waals surface area contributed by atoms with Crippen LogP contribution in [0.1, 0.15) is 41.6 Å². The normalized spacial score (nSPS) is 25.0. The summed E-state index contributed by atoms with van der Waals surface area (Å²) in [6, 6.07) is 4.78. The molecule has 114 valence electrons. The minimum absolute atomic E-state index is 0.0444. The third kappa shape index (κ3) is 3.16. The molecule has 2 fully saturated rings. The number of benzene rings is 1. The maximum atomic E-state index is 14.0. The Morgan fingerprint density at radius 3 is 2.90 bits per heavy atom. The van der Waals surface area contributed by atoms with E-state index in [1.807, 2.05) is 18.7 Å². The third-order valence-electron chi connectivity index (χ3n) is 4.66. The Morgan fingerprint density at radius 2 is 2.14 bits per heavy atom. The number of thioether (sulfide) groups is 1. The van der Waals surface area contributed by atoms with Gasteiger partial charge in [0.25, 0.3) is 0 Å². The van der Waals surface area contributed by atoms with Gasteiger partial charge in [0.2, 0.25) is 0 Å². The van der Waals surface area contributed by atoms with Crippen LogP contribution in [0.2, 0.25) is 0 Å². The largest absolute Gasteiger partial charge is 0.375 e. The lowest BCUT2D eigenvalue weighted by molar-refractivity contribution is -0.0960. The molecule has 2 aliphatic heterocycles. The molecule has 0 saturated carbocycles. The Hall–Kier alpha value is -0.870. The molecule has 0 aliphatic carbocycles. The topological polar surface area (TPSA) is 26.3 Å². The molecule has 0 N–H and O–H groups in total. The van der Waals surface area contributed by atoms with Gasteiger partial charge >= 0.3 is 0 Å². The number of hydrogen-bond donors (Lipinski definition) is 0. The molecule has 0 bridgehead atoms. The van der Waals surface area contributed by atoms with Crippen LogP contribution < -0.4 is 0 Å². The Bertz CT molecular complexity index is 532. The molecule has 1 unspecified atom stereocenters. The Morgan fingerprint density at radius 1 is 1.38 bits per heavy atom. The van der Waals surface area contributed by atoms with Crippen LogP contribution in [-0.4, -0.2) is 29.5 Å². The van der Waals surface area contributed by atoms with Crippen molar-refractivity contribution in [3.05, 3.63) is 35.1 Å². The van der Waals surface area contributed by atoms with Crippen molar-refractivity contribution in [2.24, 2.45) is 5.92 Å². The summed E-state index contributed by atoms with van der Waals surface area (Å²) in [7, 11) is 0. The molecule has 2 heterocycles. The van der Waals surface area contributed by atoms with Crippen LogP contribution in [0.3, 0.4) is 0 Å². The van der Waals surface area contributed by atoms with Gasteiger partial charge in [0.05, 0.1) is 11.2 Å². The number of rotatable bonds is 2. The number of ether oxygens (including phenoxy) is 1. The molecule has 0 radical (unpaired) electrons. The summed E-state index contributed by atoms with van der Waals surface area (Å²) in [6.07, 6.45) is 3.48. The standard InChI is InChI=1S/C17H21FO2S/c1-12-2-3-15(18)14(10-12)16(19)13-4-7-20-17(11-13)5-8-21-9-6-17/h2-3,10,13H,4-9,11H2,1H3. The van der Waals surface area contributed by atoms with E-state index in [2.05, 4.69) is 0 Å². The minimum Gasteiger partial charge on any atom is -0.375 e. The third-order valence-corrected chi connectivity index (χ3v) is 5.64. The van der Waals surface area contributed by atoms with Crippen LogP contribution in [0.25, 0.3) is 0 Å². The first kappa shape index (κ1) is 15.0. The summed E-state index contributed by atoms with van der Waals surface area (Å²) in [5, 5.41) is 0. The maximum absolute atomic E-state index is 14.0. The fourth-order valence-electron chi connectivity index (χ4n) is 3.39. The van der Waals surface area contributed by atoms with E-state index in [0.717, 1.165) is 36.3 Å². The SMILES string of the molecule is Cc1ccc(F)c(C(=O)C2CCOC3(CCSCC3)C2)c1. The van der Waals surface area contributed by atoms with Gasteiger partial charge in [0.15, 0.2) is 5.78 Å². The van der Waals surface area contributed by atoms with Crippen molar-refractivity contribution in [3.63, 3.8) is 0 Å². The van der Waals surface area contributed by atoms with Crippen molar-refractivity contribution in [1.29, 1.82) is 0 Å². The molecule has 0 aromatic heterocycles. The molecule has 1 atom stereocenters. The molecule has 2 aliphatic rings. The zero-order valence-electron chi connectivity index (χ0n) is 12.4. The first-order valence-electron chi connectivity index (χ1n) is 7.62. The zero-order chi connectivity index (χ0) is 14.9. The maximum Gasteiger partial charge on any atom is 0.169 e. The van der Waals surface area contributed by atoms with Gasteiger partial charge < -0.3 is 4.74 Å². The highest BCUT2D eigenvalue weighted by molar-refractivity contribution is 7.99. The molecule has 1 aromatic rings.